The average Bonchev–Trinajstić information content (AvgIpc) is 2.34. The number of amides is 2. The lowest BCUT2D eigenvalue weighted by molar-refractivity contribution is -0.117. The Bertz CT molecular complexity index is 162. The summed E-state index contributed by atoms with van der Waals surface area (Å²) in [7, 11) is 1.66. The molecule has 0 aliphatic carbocycles. The minimum Gasteiger partial charge on any atom is -0.344 e. The van der Waals surface area contributed by atoms with Crippen LogP contribution in [0.25, 0.3) is 0 Å². The smallest absolute Gasteiger partial charge is 0.281 e. The van der Waals surface area contributed by atoms with Crippen LogP contribution < -0.4 is 5.32 Å². The predicted molar refractivity (Wildman–Crippen MR) is 38.6 cm³/mol. The van der Waals surface area contributed by atoms with Crippen molar-refractivity contribution in [2.75, 3.05) is 13.6 Å². The van der Waals surface area contributed by atoms with Crippen molar-refractivity contribution in [1.82, 2.24) is 10.2 Å². The Labute approximate surface area is 62.9 Å². The van der Waals surface area contributed by atoms with Crippen molar-refractivity contribution in [3.63, 3.8) is 0 Å². The first-order valence-electron chi connectivity index (χ1n) is 2.86. The van der Waals surface area contributed by atoms with Crippen molar-refractivity contribution in [1.29, 1.82) is 0 Å². The molecule has 1 fully saturated rings. The topological polar surface area (TPSA) is 49.4 Å². The molecule has 10 heavy (non-hydrogen) atoms. The zero-order valence-corrected chi connectivity index (χ0v) is 6.35. The van der Waals surface area contributed by atoms with E-state index < -0.39 is 0 Å². The van der Waals surface area contributed by atoms with Crippen molar-refractivity contribution >= 4 is 23.4 Å². The monoisotopic (exact) mass is 160 g/mol. The fraction of sp³-hybridized carbons (Fsp3) is 0.600. The maximum atomic E-state index is 10.6. The second-order valence-corrected chi connectivity index (χ2v) is 3.16. The van der Waals surface area contributed by atoms with Gasteiger partial charge in [0.15, 0.2) is 0 Å². The standard InChI is InChI=1S/C5H8N2O2S/c1-7(3-8)4-2-6-5(9)10-4/h3-4H,2H2,1H3,(H,6,9). The number of hydrogen-bond acceptors (Lipinski definition) is 3. The summed E-state index contributed by atoms with van der Waals surface area (Å²) in [6.07, 6.45) is 0.720. The number of rotatable bonds is 2. The van der Waals surface area contributed by atoms with Gasteiger partial charge in [-0.3, -0.25) is 9.59 Å². The van der Waals surface area contributed by atoms with Gasteiger partial charge in [-0.2, -0.15) is 0 Å². The summed E-state index contributed by atoms with van der Waals surface area (Å²) in [6, 6.07) is 0. The summed E-state index contributed by atoms with van der Waals surface area (Å²) >= 11 is 1.14. The van der Waals surface area contributed by atoms with E-state index >= 15 is 0 Å². The van der Waals surface area contributed by atoms with Gasteiger partial charge in [-0.15, -0.1) is 0 Å². The van der Waals surface area contributed by atoms with Crippen molar-refractivity contribution in [3.8, 4) is 0 Å². The Balaban J connectivity index is 2.43. The highest BCUT2D eigenvalue weighted by Crippen LogP contribution is 2.18. The first-order valence-corrected chi connectivity index (χ1v) is 3.73. The molecule has 0 spiro atoms. The van der Waals surface area contributed by atoms with E-state index in [1.807, 2.05) is 0 Å². The molecule has 1 unspecified atom stereocenters. The Hall–Kier alpha value is -0.710. The highest BCUT2D eigenvalue weighted by molar-refractivity contribution is 8.14. The molecule has 1 N–H and O–H groups in total. The third-order valence-electron chi connectivity index (χ3n) is 1.28. The molecule has 1 atom stereocenters. The van der Waals surface area contributed by atoms with Gasteiger partial charge in [0.2, 0.25) is 6.41 Å². The molecule has 1 heterocycles. The van der Waals surface area contributed by atoms with Gasteiger partial charge in [-0.1, -0.05) is 0 Å². The summed E-state index contributed by atoms with van der Waals surface area (Å²) in [4.78, 5) is 22.2. The molecule has 5 heteroatoms. The summed E-state index contributed by atoms with van der Waals surface area (Å²) < 4.78 is 0. The van der Waals surface area contributed by atoms with Gasteiger partial charge in [0.25, 0.3) is 5.24 Å². The van der Waals surface area contributed by atoms with E-state index in [0.717, 1.165) is 18.2 Å². The van der Waals surface area contributed by atoms with Crippen LogP contribution in [0.5, 0.6) is 0 Å². The summed E-state index contributed by atoms with van der Waals surface area (Å²) in [5.74, 6) is 0. The Kier molecular flexibility index (Phi) is 2.16. The third-order valence-corrected chi connectivity index (χ3v) is 2.41. The Morgan fingerprint density at radius 2 is 2.60 bits per heavy atom. The Morgan fingerprint density at radius 1 is 1.90 bits per heavy atom. The number of carbonyl (C=O) groups excluding carboxylic acids is 2. The first-order chi connectivity index (χ1) is 4.74. The highest BCUT2D eigenvalue weighted by atomic mass is 32.2. The molecular formula is C5H8N2O2S. The zero-order valence-electron chi connectivity index (χ0n) is 5.53. The van der Waals surface area contributed by atoms with E-state index in [-0.39, 0.29) is 10.6 Å². The van der Waals surface area contributed by atoms with Gasteiger partial charge < -0.3 is 10.2 Å². The molecule has 0 saturated carbocycles. The molecule has 1 rings (SSSR count). The van der Waals surface area contributed by atoms with Crippen molar-refractivity contribution in [2.45, 2.75) is 5.37 Å². The van der Waals surface area contributed by atoms with Crippen LogP contribution in [0.2, 0.25) is 0 Å². The molecule has 0 bridgehead atoms. The van der Waals surface area contributed by atoms with Gasteiger partial charge in [-0.25, -0.2) is 0 Å². The summed E-state index contributed by atoms with van der Waals surface area (Å²) in [6.45, 7) is 0.554. The molecule has 0 radical (unpaired) electrons. The van der Waals surface area contributed by atoms with Gasteiger partial charge in [0, 0.05) is 13.6 Å². The second-order valence-electron chi connectivity index (χ2n) is 2.01. The van der Waals surface area contributed by atoms with Crippen LogP contribution in [0.4, 0.5) is 4.79 Å². The van der Waals surface area contributed by atoms with E-state index in [1.54, 1.807) is 7.05 Å². The largest absolute Gasteiger partial charge is 0.344 e. The lowest BCUT2D eigenvalue weighted by Crippen LogP contribution is -2.30. The molecule has 1 aliphatic rings. The van der Waals surface area contributed by atoms with Crippen molar-refractivity contribution in [3.05, 3.63) is 0 Å². The van der Waals surface area contributed by atoms with E-state index in [0.29, 0.717) is 6.54 Å². The lowest BCUT2D eigenvalue weighted by atomic mass is 10.6. The van der Waals surface area contributed by atoms with Crippen LogP contribution >= 0.6 is 11.8 Å². The molecule has 2 amide bonds. The van der Waals surface area contributed by atoms with E-state index in [1.165, 1.54) is 4.90 Å². The lowest BCUT2D eigenvalue weighted by Gasteiger charge is -2.15. The van der Waals surface area contributed by atoms with E-state index in [4.69, 9.17) is 0 Å². The van der Waals surface area contributed by atoms with Crippen LogP contribution in [0.3, 0.4) is 0 Å². The summed E-state index contributed by atoms with van der Waals surface area (Å²) in [5.41, 5.74) is 0. The van der Waals surface area contributed by atoms with Gasteiger partial charge in [0.05, 0.1) is 0 Å². The van der Waals surface area contributed by atoms with Crippen LogP contribution in [0.15, 0.2) is 0 Å². The second kappa shape index (κ2) is 2.92. The van der Waals surface area contributed by atoms with Crippen molar-refractivity contribution < 1.29 is 9.59 Å². The molecule has 56 valence electrons. The Morgan fingerprint density at radius 3 is 3.00 bits per heavy atom. The molecular weight excluding hydrogens is 152 g/mol. The van der Waals surface area contributed by atoms with E-state index in [2.05, 4.69) is 5.32 Å². The van der Waals surface area contributed by atoms with Crippen LogP contribution in [-0.2, 0) is 4.79 Å². The number of carbonyl (C=O) groups is 2. The molecule has 0 aromatic rings. The third kappa shape index (κ3) is 1.41. The number of likely N-dealkylation sites (N-methyl/N-ethyl adjacent to an activating group) is 1. The van der Waals surface area contributed by atoms with Gasteiger partial charge >= 0.3 is 0 Å². The van der Waals surface area contributed by atoms with Gasteiger partial charge in [0.1, 0.15) is 5.37 Å². The number of thioether (sulfide) groups is 1. The molecule has 0 aromatic carbocycles. The minimum atomic E-state index is -0.0568. The minimum absolute atomic E-state index is 0.0231. The van der Waals surface area contributed by atoms with Crippen LogP contribution in [0.1, 0.15) is 0 Å². The zero-order chi connectivity index (χ0) is 7.56. The highest BCUT2D eigenvalue weighted by Gasteiger charge is 2.24. The molecule has 4 nitrogen and oxygen atoms in total. The van der Waals surface area contributed by atoms with Crippen LogP contribution in [-0.4, -0.2) is 35.5 Å². The number of nitrogens with zero attached hydrogens (tertiary/aromatic N) is 1. The SMILES string of the molecule is CN(C=O)C1CNC(=O)S1. The molecule has 1 saturated heterocycles. The number of hydrogen-bond donors (Lipinski definition) is 1. The maximum absolute atomic E-state index is 10.6. The maximum Gasteiger partial charge on any atom is 0.281 e. The fourth-order valence-corrected chi connectivity index (χ4v) is 1.47. The molecule has 1 aliphatic heterocycles. The quantitative estimate of drug-likeness (QED) is 0.572. The molecule has 0 aromatic heterocycles. The predicted octanol–water partition coefficient (Wildman–Crippen LogP) is -0.143. The van der Waals surface area contributed by atoms with E-state index in [9.17, 15) is 9.59 Å². The van der Waals surface area contributed by atoms with Crippen molar-refractivity contribution in [2.24, 2.45) is 0 Å². The first kappa shape index (κ1) is 7.40. The normalized spacial score (nSPS) is 24.1. The summed E-state index contributed by atoms with van der Waals surface area (Å²) in [5, 5.41) is 2.53. The number of nitrogens with one attached hydrogen (secondary N) is 1. The fourth-order valence-electron chi connectivity index (χ4n) is 0.673. The van der Waals surface area contributed by atoms with Crippen LogP contribution in [0, 0.1) is 0 Å². The average molecular weight is 160 g/mol. The van der Waals surface area contributed by atoms with Gasteiger partial charge in [-0.05, 0) is 11.8 Å².